The number of imide groups is 1. The highest BCUT2D eigenvalue weighted by molar-refractivity contribution is 6.01. The third kappa shape index (κ3) is 8.08. The van der Waals surface area contributed by atoms with Crippen molar-refractivity contribution in [2.75, 3.05) is 6.54 Å². The van der Waals surface area contributed by atoms with Gasteiger partial charge in [0.05, 0.1) is 0 Å². The molecule has 1 N–H and O–H groups in total. The highest BCUT2D eigenvalue weighted by Crippen LogP contribution is 2.21. The van der Waals surface area contributed by atoms with E-state index in [2.05, 4.69) is 26.1 Å². The summed E-state index contributed by atoms with van der Waals surface area (Å²) in [4.78, 5) is 50.5. The molecule has 0 saturated carbocycles. The molecule has 1 fully saturated rings. The topological polar surface area (TPSA) is 92.8 Å². The average Bonchev–Trinajstić information content (AvgIpc) is 2.77. The van der Waals surface area contributed by atoms with Gasteiger partial charge in [0, 0.05) is 32.2 Å². The molecular weight excluding hydrogens is 312 g/mol. The number of hydrogen-bond donors (Lipinski definition) is 1. The van der Waals surface area contributed by atoms with E-state index < -0.39 is 17.8 Å². The molecule has 136 valence electrons. The Balaban J connectivity index is 2.07. The maximum absolute atomic E-state index is 11.7. The van der Waals surface area contributed by atoms with E-state index in [9.17, 15) is 19.2 Å². The number of nitrogens with zero attached hydrogens (tertiary/aromatic N) is 1. The van der Waals surface area contributed by atoms with E-state index in [0.717, 1.165) is 19.3 Å². The van der Waals surface area contributed by atoms with Crippen LogP contribution in [0.3, 0.4) is 0 Å². The lowest BCUT2D eigenvalue weighted by atomic mass is 9.90. The minimum absolute atomic E-state index is 0.00545. The molecule has 7 heteroatoms. The molecule has 1 rings (SSSR count). The van der Waals surface area contributed by atoms with Crippen molar-refractivity contribution < 1.29 is 24.0 Å². The quantitative estimate of drug-likeness (QED) is 0.512. The SMILES string of the molecule is CC(C)(C)CCCCNC(=O)CCCC(=O)ON1C(=O)CCC1=O. The van der Waals surface area contributed by atoms with Crippen molar-refractivity contribution in [3.63, 3.8) is 0 Å². The molecule has 0 aromatic rings. The smallest absolute Gasteiger partial charge is 0.333 e. The van der Waals surface area contributed by atoms with Crippen LogP contribution in [-0.2, 0) is 24.0 Å². The zero-order chi connectivity index (χ0) is 18.2. The molecule has 0 aromatic heterocycles. The summed E-state index contributed by atoms with van der Waals surface area (Å²) >= 11 is 0. The van der Waals surface area contributed by atoms with Gasteiger partial charge in [-0.25, -0.2) is 4.79 Å². The lowest BCUT2D eigenvalue weighted by Crippen LogP contribution is -2.32. The predicted molar refractivity (Wildman–Crippen MR) is 87.3 cm³/mol. The molecule has 0 aliphatic carbocycles. The van der Waals surface area contributed by atoms with Crippen molar-refractivity contribution in [2.24, 2.45) is 5.41 Å². The molecule has 3 amide bonds. The minimum Gasteiger partial charge on any atom is -0.356 e. The van der Waals surface area contributed by atoms with Gasteiger partial charge in [-0.2, -0.15) is 0 Å². The van der Waals surface area contributed by atoms with Crippen LogP contribution >= 0.6 is 0 Å². The molecular formula is C17H28N2O5. The Morgan fingerprint density at radius 3 is 2.25 bits per heavy atom. The fourth-order valence-corrected chi connectivity index (χ4v) is 2.30. The molecule has 1 aliphatic rings. The standard InChI is InChI=1S/C17H28N2O5/c1-17(2,3)11-4-5-12-18-13(20)7-6-8-16(23)24-19-14(21)9-10-15(19)22/h4-12H2,1-3H3,(H,18,20). The number of hydrogen-bond acceptors (Lipinski definition) is 5. The van der Waals surface area contributed by atoms with E-state index >= 15 is 0 Å². The summed E-state index contributed by atoms with van der Waals surface area (Å²) in [6.45, 7) is 7.20. The van der Waals surface area contributed by atoms with E-state index in [1.54, 1.807) is 0 Å². The van der Waals surface area contributed by atoms with E-state index in [0.29, 0.717) is 23.4 Å². The maximum atomic E-state index is 11.7. The van der Waals surface area contributed by atoms with Gasteiger partial charge in [0.2, 0.25) is 5.91 Å². The third-order valence-electron chi connectivity index (χ3n) is 3.66. The van der Waals surface area contributed by atoms with Crippen LogP contribution in [0.25, 0.3) is 0 Å². The van der Waals surface area contributed by atoms with E-state index in [-0.39, 0.29) is 31.6 Å². The normalized spacial score (nSPS) is 14.9. The van der Waals surface area contributed by atoms with Crippen LogP contribution in [0.2, 0.25) is 0 Å². The van der Waals surface area contributed by atoms with Gasteiger partial charge in [-0.15, -0.1) is 5.06 Å². The van der Waals surface area contributed by atoms with Crippen molar-refractivity contribution in [1.29, 1.82) is 0 Å². The van der Waals surface area contributed by atoms with Gasteiger partial charge in [0.1, 0.15) is 0 Å². The monoisotopic (exact) mass is 340 g/mol. The molecule has 1 aliphatic heterocycles. The molecule has 0 unspecified atom stereocenters. The van der Waals surface area contributed by atoms with Gasteiger partial charge in [0.15, 0.2) is 0 Å². The zero-order valence-electron chi connectivity index (χ0n) is 14.9. The summed E-state index contributed by atoms with van der Waals surface area (Å²) in [6.07, 6.45) is 3.79. The first-order valence-corrected chi connectivity index (χ1v) is 8.52. The van der Waals surface area contributed by atoms with Gasteiger partial charge in [-0.05, 0) is 24.7 Å². The fourth-order valence-electron chi connectivity index (χ4n) is 2.30. The molecule has 0 bridgehead atoms. The number of carbonyl (C=O) groups is 4. The van der Waals surface area contributed by atoms with Crippen LogP contribution in [0, 0.1) is 5.41 Å². The van der Waals surface area contributed by atoms with Gasteiger partial charge in [0.25, 0.3) is 11.8 Å². The molecule has 1 heterocycles. The highest BCUT2D eigenvalue weighted by Gasteiger charge is 2.32. The first-order valence-electron chi connectivity index (χ1n) is 8.52. The second-order valence-corrected chi connectivity index (χ2v) is 7.27. The average molecular weight is 340 g/mol. The van der Waals surface area contributed by atoms with Gasteiger partial charge < -0.3 is 10.2 Å². The molecule has 0 aromatic carbocycles. The molecule has 7 nitrogen and oxygen atoms in total. The van der Waals surface area contributed by atoms with Crippen LogP contribution in [-0.4, -0.2) is 35.3 Å². The number of unbranched alkanes of at least 4 members (excludes halogenated alkanes) is 1. The number of nitrogens with one attached hydrogen (secondary N) is 1. The summed E-state index contributed by atoms with van der Waals surface area (Å²) in [6, 6.07) is 0. The predicted octanol–water partition coefficient (Wildman–Crippen LogP) is 2.10. The molecule has 24 heavy (non-hydrogen) atoms. The summed E-state index contributed by atoms with van der Waals surface area (Å²) in [5, 5.41) is 3.35. The van der Waals surface area contributed by atoms with Crippen molar-refractivity contribution in [2.45, 2.75) is 72.1 Å². The number of rotatable bonds is 9. The van der Waals surface area contributed by atoms with Gasteiger partial charge >= 0.3 is 5.97 Å². The molecule has 0 atom stereocenters. The molecule has 0 spiro atoms. The summed E-state index contributed by atoms with van der Waals surface area (Å²) < 4.78 is 0. The van der Waals surface area contributed by atoms with E-state index in [1.165, 1.54) is 0 Å². The number of amides is 3. The van der Waals surface area contributed by atoms with Crippen LogP contribution in [0.4, 0.5) is 0 Å². The van der Waals surface area contributed by atoms with Gasteiger partial charge in [-0.1, -0.05) is 27.2 Å². The first kappa shape index (κ1) is 20.1. The second kappa shape index (κ2) is 9.39. The Morgan fingerprint density at radius 2 is 1.67 bits per heavy atom. The Labute approximate surface area is 143 Å². The number of hydroxylamine groups is 2. The van der Waals surface area contributed by atoms with Crippen LogP contribution in [0.15, 0.2) is 0 Å². The van der Waals surface area contributed by atoms with Crippen molar-refractivity contribution in [1.82, 2.24) is 10.4 Å². The second-order valence-electron chi connectivity index (χ2n) is 7.27. The zero-order valence-corrected chi connectivity index (χ0v) is 14.9. The first-order chi connectivity index (χ1) is 11.2. The Kier molecular flexibility index (Phi) is 7.88. The molecule has 0 radical (unpaired) electrons. The third-order valence-corrected chi connectivity index (χ3v) is 3.66. The minimum atomic E-state index is -0.670. The highest BCUT2D eigenvalue weighted by atomic mass is 16.7. The number of carbonyl (C=O) groups excluding carboxylic acids is 4. The Morgan fingerprint density at radius 1 is 1.04 bits per heavy atom. The van der Waals surface area contributed by atoms with Gasteiger partial charge in [-0.3, -0.25) is 14.4 Å². The lowest BCUT2D eigenvalue weighted by molar-refractivity contribution is -0.197. The Bertz CT molecular complexity index is 466. The van der Waals surface area contributed by atoms with E-state index in [4.69, 9.17) is 4.84 Å². The summed E-state index contributed by atoms with van der Waals surface area (Å²) in [7, 11) is 0. The molecule has 1 saturated heterocycles. The summed E-state index contributed by atoms with van der Waals surface area (Å²) in [5.74, 6) is -1.77. The lowest BCUT2D eigenvalue weighted by Gasteiger charge is -2.17. The Hall–Kier alpha value is -1.92. The van der Waals surface area contributed by atoms with Crippen LogP contribution in [0.5, 0.6) is 0 Å². The van der Waals surface area contributed by atoms with Crippen molar-refractivity contribution in [3.05, 3.63) is 0 Å². The van der Waals surface area contributed by atoms with E-state index in [1.807, 2.05) is 0 Å². The summed E-state index contributed by atoms with van der Waals surface area (Å²) in [5.41, 5.74) is 0.308. The van der Waals surface area contributed by atoms with Crippen molar-refractivity contribution in [3.8, 4) is 0 Å². The van der Waals surface area contributed by atoms with Crippen molar-refractivity contribution >= 4 is 23.7 Å². The van der Waals surface area contributed by atoms with Crippen LogP contribution in [0.1, 0.15) is 72.1 Å². The van der Waals surface area contributed by atoms with Crippen LogP contribution < -0.4 is 5.32 Å². The maximum Gasteiger partial charge on any atom is 0.333 e. The fraction of sp³-hybridized carbons (Fsp3) is 0.765. The largest absolute Gasteiger partial charge is 0.356 e.